The molecule has 4 rings (SSSR count). The van der Waals surface area contributed by atoms with Crippen molar-refractivity contribution in [2.75, 3.05) is 5.43 Å². The molecular formula is C18H22N4O. The molecule has 0 atom stereocenters. The second-order valence-corrected chi connectivity index (χ2v) is 6.50. The van der Waals surface area contributed by atoms with E-state index in [9.17, 15) is 0 Å². The summed E-state index contributed by atoms with van der Waals surface area (Å²) >= 11 is 0. The van der Waals surface area contributed by atoms with Crippen molar-refractivity contribution in [3.63, 3.8) is 0 Å². The molecule has 120 valence electrons. The van der Waals surface area contributed by atoms with Crippen LogP contribution in [-0.4, -0.2) is 20.7 Å². The molecule has 0 spiro atoms. The zero-order chi connectivity index (χ0) is 15.8. The van der Waals surface area contributed by atoms with Crippen LogP contribution in [0.15, 0.2) is 29.1 Å². The smallest absolute Gasteiger partial charge is 0.179 e. The van der Waals surface area contributed by atoms with Crippen molar-refractivity contribution in [2.45, 2.75) is 52.0 Å². The lowest BCUT2D eigenvalue weighted by Crippen LogP contribution is -2.30. The van der Waals surface area contributed by atoms with Gasteiger partial charge in [0, 0.05) is 11.7 Å². The van der Waals surface area contributed by atoms with E-state index in [1.807, 2.05) is 13.0 Å². The van der Waals surface area contributed by atoms with E-state index in [-0.39, 0.29) is 0 Å². The Morgan fingerprint density at radius 1 is 1.17 bits per heavy atom. The van der Waals surface area contributed by atoms with E-state index in [0.717, 1.165) is 33.8 Å². The first-order valence-electron chi connectivity index (χ1n) is 8.38. The summed E-state index contributed by atoms with van der Waals surface area (Å²) in [6, 6.07) is 4.51. The van der Waals surface area contributed by atoms with Crippen molar-refractivity contribution in [1.82, 2.24) is 14.6 Å². The Hall–Kier alpha value is -2.30. The molecule has 1 aliphatic rings. The molecule has 0 aliphatic heterocycles. The van der Waals surface area contributed by atoms with Crippen molar-refractivity contribution in [1.29, 1.82) is 0 Å². The van der Waals surface area contributed by atoms with E-state index in [1.54, 1.807) is 12.5 Å². The molecule has 0 saturated heterocycles. The average Bonchev–Trinajstić information content (AvgIpc) is 3.17. The van der Waals surface area contributed by atoms with Gasteiger partial charge in [-0.15, -0.1) is 0 Å². The number of fused-ring (bicyclic) bond motifs is 1. The van der Waals surface area contributed by atoms with Crippen LogP contribution in [0.1, 0.15) is 43.4 Å². The molecule has 23 heavy (non-hydrogen) atoms. The monoisotopic (exact) mass is 310 g/mol. The number of rotatable bonds is 3. The predicted octanol–water partition coefficient (Wildman–Crippen LogP) is 4.18. The molecule has 1 N–H and O–H groups in total. The largest absolute Gasteiger partial charge is 0.472 e. The van der Waals surface area contributed by atoms with Gasteiger partial charge in [0.25, 0.3) is 0 Å². The third-order valence-electron chi connectivity index (χ3n) is 4.63. The van der Waals surface area contributed by atoms with Gasteiger partial charge >= 0.3 is 0 Å². The molecule has 5 nitrogen and oxygen atoms in total. The van der Waals surface area contributed by atoms with Gasteiger partial charge < -0.3 is 9.84 Å². The van der Waals surface area contributed by atoms with Gasteiger partial charge in [0.05, 0.1) is 11.8 Å². The van der Waals surface area contributed by atoms with Gasteiger partial charge in [0.15, 0.2) is 11.5 Å². The lowest BCUT2D eigenvalue weighted by atomic mass is 9.96. The maximum absolute atomic E-state index is 5.26. The molecule has 3 heterocycles. The Bertz CT molecular complexity index is 813. The minimum Gasteiger partial charge on any atom is -0.472 e. The van der Waals surface area contributed by atoms with Gasteiger partial charge in [0.2, 0.25) is 0 Å². The van der Waals surface area contributed by atoms with E-state index >= 15 is 0 Å². The van der Waals surface area contributed by atoms with E-state index in [2.05, 4.69) is 23.1 Å². The van der Waals surface area contributed by atoms with E-state index in [1.165, 1.54) is 32.1 Å². The number of aromatic nitrogens is 3. The van der Waals surface area contributed by atoms with Crippen LogP contribution in [0.3, 0.4) is 0 Å². The van der Waals surface area contributed by atoms with Crippen LogP contribution >= 0.6 is 0 Å². The topological polar surface area (TPSA) is 55.9 Å². The normalized spacial score (nSPS) is 16.1. The summed E-state index contributed by atoms with van der Waals surface area (Å²) < 4.78 is 7.33. The van der Waals surface area contributed by atoms with Crippen molar-refractivity contribution < 1.29 is 4.42 Å². The molecule has 0 bridgehead atoms. The fourth-order valence-corrected chi connectivity index (χ4v) is 3.48. The Kier molecular flexibility index (Phi) is 3.56. The van der Waals surface area contributed by atoms with Crippen LogP contribution in [0.5, 0.6) is 0 Å². The fraction of sp³-hybridized carbons (Fsp3) is 0.444. The lowest BCUT2D eigenvalue weighted by molar-refractivity contribution is 0.440. The number of imidazole rings is 1. The molecule has 0 unspecified atom stereocenters. The van der Waals surface area contributed by atoms with Crippen LogP contribution in [0.25, 0.3) is 22.6 Å². The first kappa shape index (κ1) is 14.3. The van der Waals surface area contributed by atoms with Gasteiger partial charge in [-0.3, -0.25) is 0 Å². The molecule has 1 saturated carbocycles. The number of aryl methyl sites for hydroxylation is 2. The molecule has 3 aromatic heterocycles. The number of furan rings is 1. The average molecular weight is 310 g/mol. The molecule has 0 radical (unpaired) electrons. The van der Waals surface area contributed by atoms with Gasteiger partial charge in [0.1, 0.15) is 11.8 Å². The second kappa shape index (κ2) is 5.72. The first-order valence-corrected chi connectivity index (χ1v) is 8.38. The van der Waals surface area contributed by atoms with Crippen LogP contribution < -0.4 is 5.43 Å². The minimum atomic E-state index is 0.481. The molecule has 3 aromatic rings. The Balaban J connectivity index is 1.85. The number of nitrogens with zero attached hydrogens (tertiary/aromatic N) is 3. The Morgan fingerprint density at radius 3 is 2.74 bits per heavy atom. The minimum absolute atomic E-state index is 0.481. The van der Waals surface area contributed by atoms with Crippen LogP contribution in [0.4, 0.5) is 0 Å². The maximum atomic E-state index is 5.26. The highest BCUT2D eigenvalue weighted by atomic mass is 16.3. The third kappa shape index (κ3) is 2.60. The van der Waals surface area contributed by atoms with E-state index in [4.69, 9.17) is 14.4 Å². The summed E-state index contributed by atoms with van der Waals surface area (Å²) in [7, 11) is 0. The summed E-state index contributed by atoms with van der Waals surface area (Å²) in [5.74, 6) is 0.875. The number of hydrogen-bond donors (Lipinski definition) is 1. The number of hydrogen-bond acceptors (Lipinski definition) is 4. The second-order valence-electron chi connectivity index (χ2n) is 6.50. The van der Waals surface area contributed by atoms with Gasteiger partial charge in [-0.05, 0) is 44.4 Å². The maximum Gasteiger partial charge on any atom is 0.179 e. The highest BCUT2D eigenvalue weighted by Crippen LogP contribution is 2.27. The number of nitrogens with one attached hydrogen (secondary N) is 1. The van der Waals surface area contributed by atoms with Crippen LogP contribution in [0.2, 0.25) is 0 Å². The molecule has 0 amide bonds. The van der Waals surface area contributed by atoms with E-state index < -0.39 is 0 Å². The highest BCUT2D eigenvalue weighted by molar-refractivity contribution is 5.80. The van der Waals surface area contributed by atoms with Crippen molar-refractivity contribution in [3.8, 4) is 11.4 Å². The zero-order valence-electron chi connectivity index (χ0n) is 13.7. The van der Waals surface area contributed by atoms with Gasteiger partial charge in [-0.25, -0.2) is 14.6 Å². The lowest BCUT2D eigenvalue weighted by Gasteiger charge is -2.25. The summed E-state index contributed by atoms with van der Waals surface area (Å²) in [6.45, 7) is 4.12. The van der Waals surface area contributed by atoms with Gasteiger partial charge in [-0.2, -0.15) is 0 Å². The molecule has 0 aromatic carbocycles. The standard InChI is InChI=1S/C18H22N4O/c1-12-10-13(2)19-18-16(12)20-17(14-8-9-23-11-14)22(18)21-15-6-4-3-5-7-15/h8-11,15,21H,3-7H2,1-2H3. The summed E-state index contributed by atoms with van der Waals surface area (Å²) in [4.78, 5) is 9.58. The van der Waals surface area contributed by atoms with Crippen molar-refractivity contribution >= 4 is 11.2 Å². The summed E-state index contributed by atoms with van der Waals surface area (Å²) in [5.41, 5.74) is 8.67. The quantitative estimate of drug-likeness (QED) is 0.788. The predicted molar refractivity (Wildman–Crippen MR) is 90.9 cm³/mol. The van der Waals surface area contributed by atoms with Crippen LogP contribution in [-0.2, 0) is 0 Å². The third-order valence-corrected chi connectivity index (χ3v) is 4.63. The summed E-state index contributed by atoms with van der Waals surface area (Å²) in [5, 5.41) is 0. The van der Waals surface area contributed by atoms with Gasteiger partial charge in [-0.1, -0.05) is 19.3 Å². The first-order chi connectivity index (χ1) is 11.2. The highest BCUT2D eigenvalue weighted by Gasteiger charge is 2.20. The zero-order valence-corrected chi connectivity index (χ0v) is 13.7. The summed E-state index contributed by atoms with van der Waals surface area (Å²) in [6.07, 6.45) is 9.75. The Morgan fingerprint density at radius 2 is 2.00 bits per heavy atom. The molecule has 5 heteroatoms. The fourth-order valence-electron chi connectivity index (χ4n) is 3.48. The SMILES string of the molecule is Cc1cc(C)c2nc(-c3ccoc3)n(NC3CCCCC3)c2n1. The van der Waals surface area contributed by atoms with Crippen molar-refractivity contribution in [2.24, 2.45) is 0 Å². The number of pyridine rings is 1. The molecule has 1 aliphatic carbocycles. The van der Waals surface area contributed by atoms with Crippen molar-refractivity contribution in [3.05, 3.63) is 35.9 Å². The molecule has 1 fully saturated rings. The van der Waals surface area contributed by atoms with Crippen LogP contribution in [0, 0.1) is 13.8 Å². The Labute approximate surface area is 135 Å². The van der Waals surface area contributed by atoms with E-state index in [0.29, 0.717) is 6.04 Å². The molecular weight excluding hydrogens is 288 g/mol.